The number of methoxy groups -OCH3 is 3. The summed E-state index contributed by atoms with van der Waals surface area (Å²) in [6.07, 6.45) is 0.306. The zero-order valence-electron chi connectivity index (χ0n) is 11.5. The maximum absolute atomic E-state index is 14.1. The summed E-state index contributed by atoms with van der Waals surface area (Å²) in [5.74, 6) is -2.00. The van der Waals surface area contributed by atoms with E-state index < -0.39 is 23.0 Å². The van der Waals surface area contributed by atoms with E-state index >= 15 is 0 Å². The van der Waals surface area contributed by atoms with Crippen molar-refractivity contribution in [2.24, 2.45) is 0 Å². The molecule has 0 aromatic heterocycles. The Hall–Kier alpha value is -1.17. The Morgan fingerprint density at radius 3 is 2.30 bits per heavy atom. The number of hydrogen-bond acceptors (Lipinski definition) is 4. The van der Waals surface area contributed by atoms with Crippen molar-refractivity contribution in [2.45, 2.75) is 24.0 Å². The van der Waals surface area contributed by atoms with E-state index in [-0.39, 0.29) is 23.4 Å². The fourth-order valence-electron chi connectivity index (χ4n) is 2.81. The van der Waals surface area contributed by atoms with Gasteiger partial charge in [0.1, 0.15) is 11.2 Å². The topological polar surface area (TPSA) is 44.8 Å². The molecule has 0 heterocycles. The summed E-state index contributed by atoms with van der Waals surface area (Å²) in [5, 5.41) is 0.191. The van der Waals surface area contributed by atoms with Gasteiger partial charge in [-0.25, -0.2) is 4.39 Å². The molecule has 0 atom stereocenters. The SMILES string of the molecule is COC(=O)C1(c2c(F)cccc2Cl)CC(OC)(OC)C1. The first kappa shape index (κ1) is 15.2. The van der Waals surface area contributed by atoms with Gasteiger partial charge in [-0.2, -0.15) is 0 Å². The second-order valence-corrected chi connectivity index (χ2v) is 5.25. The van der Waals surface area contributed by atoms with E-state index in [2.05, 4.69) is 0 Å². The first-order valence-corrected chi connectivity index (χ1v) is 6.46. The number of ether oxygens (including phenoxy) is 3. The maximum Gasteiger partial charge on any atom is 0.316 e. The lowest BCUT2D eigenvalue weighted by atomic mass is 9.60. The zero-order valence-corrected chi connectivity index (χ0v) is 12.3. The van der Waals surface area contributed by atoms with Crippen LogP contribution in [-0.2, 0) is 24.4 Å². The van der Waals surface area contributed by atoms with Gasteiger partial charge in [0.05, 0.1) is 7.11 Å². The molecule has 0 bridgehead atoms. The van der Waals surface area contributed by atoms with Crippen molar-refractivity contribution in [3.8, 4) is 0 Å². The van der Waals surface area contributed by atoms with Crippen molar-refractivity contribution in [3.05, 3.63) is 34.6 Å². The Labute approximate surface area is 121 Å². The van der Waals surface area contributed by atoms with Crippen LogP contribution < -0.4 is 0 Å². The molecule has 110 valence electrons. The predicted molar refractivity (Wildman–Crippen MR) is 71.1 cm³/mol. The van der Waals surface area contributed by atoms with Crippen LogP contribution in [0.4, 0.5) is 4.39 Å². The van der Waals surface area contributed by atoms with Crippen LogP contribution in [0.5, 0.6) is 0 Å². The summed E-state index contributed by atoms with van der Waals surface area (Å²) in [6.45, 7) is 0. The standard InChI is InChI=1S/C14H16ClFO4/c1-18-12(17)13(7-14(8-13,19-2)20-3)11-9(15)5-4-6-10(11)16/h4-6H,7-8H2,1-3H3. The van der Waals surface area contributed by atoms with E-state index in [1.165, 1.54) is 33.5 Å². The Morgan fingerprint density at radius 2 is 1.85 bits per heavy atom. The van der Waals surface area contributed by atoms with Gasteiger partial charge in [-0.3, -0.25) is 4.79 Å². The molecule has 4 nitrogen and oxygen atoms in total. The Bertz CT molecular complexity index is 500. The number of esters is 1. The lowest BCUT2D eigenvalue weighted by Crippen LogP contribution is -2.61. The van der Waals surface area contributed by atoms with Crippen LogP contribution >= 0.6 is 11.6 Å². The van der Waals surface area contributed by atoms with Crippen LogP contribution in [0, 0.1) is 5.82 Å². The van der Waals surface area contributed by atoms with Crippen molar-refractivity contribution in [3.63, 3.8) is 0 Å². The molecule has 1 aromatic rings. The highest BCUT2D eigenvalue weighted by Gasteiger charge is 2.63. The van der Waals surface area contributed by atoms with Crippen LogP contribution in [0.1, 0.15) is 18.4 Å². The van der Waals surface area contributed by atoms with Crippen LogP contribution in [-0.4, -0.2) is 33.1 Å². The third-order valence-electron chi connectivity index (χ3n) is 3.90. The average molecular weight is 303 g/mol. The van der Waals surface area contributed by atoms with E-state index in [1.807, 2.05) is 0 Å². The van der Waals surface area contributed by atoms with Crippen molar-refractivity contribution in [1.82, 2.24) is 0 Å². The molecule has 1 saturated carbocycles. The lowest BCUT2D eigenvalue weighted by molar-refractivity contribution is -0.278. The van der Waals surface area contributed by atoms with Gasteiger partial charge in [0.15, 0.2) is 5.79 Å². The molecule has 0 spiro atoms. The minimum Gasteiger partial charge on any atom is -0.468 e. The van der Waals surface area contributed by atoms with E-state index in [0.29, 0.717) is 0 Å². The summed E-state index contributed by atoms with van der Waals surface area (Å²) in [4.78, 5) is 12.2. The van der Waals surface area contributed by atoms with Gasteiger partial charge >= 0.3 is 5.97 Å². The normalized spacial score (nSPS) is 19.2. The van der Waals surface area contributed by atoms with Crippen molar-refractivity contribution in [2.75, 3.05) is 21.3 Å². The van der Waals surface area contributed by atoms with E-state index in [9.17, 15) is 9.18 Å². The summed E-state index contributed by atoms with van der Waals surface area (Å²) in [5.41, 5.74) is -1.04. The highest BCUT2D eigenvalue weighted by molar-refractivity contribution is 6.31. The molecular weight excluding hydrogens is 287 g/mol. The van der Waals surface area contributed by atoms with Crippen molar-refractivity contribution >= 4 is 17.6 Å². The molecule has 0 unspecified atom stereocenters. The molecule has 6 heteroatoms. The Balaban J connectivity index is 2.49. The largest absolute Gasteiger partial charge is 0.468 e. The number of benzene rings is 1. The van der Waals surface area contributed by atoms with Crippen LogP contribution in [0.25, 0.3) is 0 Å². The molecule has 1 aliphatic carbocycles. The van der Waals surface area contributed by atoms with Crippen LogP contribution in [0.3, 0.4) is 0 Å². The number of carbonyl (C=O) groups is 1. The van der Waals surface area contributed by atoms with Crippen LogP contribution in [0.15, 0.2) is 18.2 Å². The Kier molecular flexibility index (Phi) is 4.04. The molecule has 0 saturated heterocycles. The molecule has 20 heavy (non-hydrogen) atoms. The quantitative estimate of drug-likeness (QED) is 0.633. The van der Waals surface area contributed by atoms with E-state index in [1.54, 1.807) is 6.07 Å². The first-order chi connectivity index (χ1) is 9.44. The maximum atomic E-state index is 14.1. The van der Waals surface area contributed by atoms with Gasteiger partial charge in [-0.1, -0.05) is 17.7 Å². The number of carbonyl (C=O) groups excluding carboxylic acids is 1. The lowest BCUT2D eigenvalue weighted by Gasteiger charge is -2.52. The number of rotatable bonds is 4. The van der Waals surface area contributed by atoms with Gasteiger partial charge in [0, 0.05) is 37.6 Å². The van der Waals surface area contributed by atoms with E-state index in [4.69, 9.17) is 25.8 Å². The summed E-state index contributed by atoms with van der Waals surface area (Å²) in [7, 11) is 4.22. The van der Waals surface area contributed by atoms with E-state index in [0.717, 1.165) is 0 Å². The first-order valence-electron chi connectivity index (χ1n) is 6.08. The Morgan fingerprint density at radius 1 is 1.25 bits per heavy atom. The number of hydrogen-bond donors (Lipinski definition) is 0. The molecule has 0 N–H and O–H groups in total. The average Bonchev–Trinajstić information content (AvgIpc) is 2.40. The highest BCUT2D eigenvalue weighted by atomic mass is 35.5. The predicted octanol–water partition coefficient (Wildman–Crippen LogP) is 2.67. The molecular formula is C14H16ClFO4. The minimum atomic E-state index is -1.18. The van der Waals surface area contributed by atoms with Gasteiger partial charge < -0.3 is 14.2 Å². The smallest absolute Gasteiger partial charge is 0.316 e. The molecule has 2 rings (SSSR count). The molecule has 0 amide bonds. The second kappa shape index (κ2) is 5.31. The zero-order chi connectivity index (χ0) is 15.0. The van der Waals surface area contributed by atoms with Gasteiger partial charge in [-0.05, 0) is 12.1 Å². The van der Waals surface area contributed by atoms with Gasteiger partial charge in [0.25, 0.3) is 0 Å². The molecule has 1 aliphatic rings. The second-order valence-electron chi connectivity index (χ2n) is 4.84. The summed E-state index contributed by atoms with van der Waals surface area (Å²) in [6, 6.07) is 4.31. The molecule has 0 radical (unpaired) electrons. The summed E-state index contributed by atoms with van der Waals surface area (Å²) < 4.78 is 29.5. The fourth-order valence-corrected chi connectivity index (χ4v) is 3.16. The monoisotopic (exact) mass is 302 g/mol. The van der Waals surface area contributed by atoms with Crippen molar-refractivity contribution in [1.29, 1.82) is 0 Å². The van der Waals surface area contributed by atoms with Gasteiger partial charge in [-0.15, -0.1) is 0 Å². The highest BCUT2D eigenvalue weighted by Crippen LogP contribution is 2.55. The number of halogens is 2. The van der Waals surface area contributed by atoms with Crippen LogP contribution in [0.2, 0.25) is 5.02 Å². The molecule has 0 aliphatic heterocycles. The summed E-state index contributed by atoms with van der Waals surface area (Å²) >= 11 is 6.08. The molecule has 1 fully saturated rings. The third kappa shape index (κ3) is 2.10. The fraction of sp³-hybridized carbons (Fsp3) is 0.500. The molecule has 1 aromatic carbocycles. The van der Waals surface area contributed by atoms with Gasteiger partial charge in [0.2, 0.25) is 0 Å². The minimum absolute atomic E-state index is 0.137. The third-order valence-corrected chi connectivity index (χ3v) is 4.22. The van der Waals surface area contributed by atoms with Crippen molar-refractivity contribution < 1.29 is 23.4 Å².